The topological polar surface area (TPSA) is 46.5 Å². The minimum absolute atomic E-state index is 0.0236. The number of carbonyl (C=O) groups excluding carboxylic acids is 1. The highest BCUT2D eigenvalue weighted by Gasteiger charge is 2.41. The molecular weight excluding hydrogens is 360 g/mol. The molecule has 0 fully saturated rings. The minimum Gasteiger partial charge on any atom is -0.497 e. The van der Waals surface area contributed by atoms with Gasteiger partial charge in [0.05, 0.1) is 13.2 Å². The number of ether oxygens (including phenoxy) is 1. The van der Waals surface area contributed by atoms with Gasteiger partial charge in [-0.1, -0.05) is 63.9 Å². The molecule has 3 atom stereocenters. The number of rotatable bonds is 6. The maximum atomic E-state index is 11.0. The fraction of sp³-hybridized carbons (Fsp3) is 0.500. The SMILES string of the molecule is CCCC[C@]1(CC)CCc2ccc(C=O)cc2[C@@H](C)[C@H]1O.COc1ccccc1. The molecule has 0 heterocycles. The molecule has 0 amide bonds. The molecule has 1 aliphatic rings. The zero-order chi connectivity index (χ0) is 21.3. The smallest absolute Gasteiger partial charge is 0.150 e. The van der Waals surface area contributed by atoms with Gasteiger partial charge in [-0.3, -0.25) is 4.79 Å². The van der Waals surface area contributed by atoms with Crippen molar-refractivity contribution < 1.29 is 14.6 Å². The highest BCUT2D eigenvalue weighted by molar-refractivity contribution is 5.75. The molecule has 2 aromatic rings. The van der Waals surface area contributed by atoms with Crippen LogP contribution in [0, 0.1) is 5.41 Å². The summed E-state index contributed by atoms with van der Waals surface area (Å²) in [4.78, 5) is 11.0. The Kier molecular flexibility index (Phi) is 8.91. The first kappa shape index (κ1) is 23.2. The number of aldehydes is 1. The van der Waals surface area contributed by atoms with Crippen molar-refractivity contribution in [3.05, 3.63) is 65.2 Å². The lowest BCUT2D eigenvalue weighted by atomic mass is 9.69. The number of aliphatic hydroxyl groups excluding tert-OH is 1. The average Bonchev–Trinajstić information content (AvgIpc) is 2.88. The molecule has 0 aliphatic heterocycles. The van der Waals surface area contributed by atoms with E-state index in [9.17, 15) is 9.90 Å². The van der Waals surface area contributed by atoms with E-state index in [1.807, 2.05) is 42.5 Å². The van der Waals surface area contributed by atoms with Gasteiger partial charge in [-0.2, -0.15) is 0 Å². The highest BCUT2D eigenvalue weighted by atomic mass is 16.5. The third kappa shape index (κ3) is 5.70. The zero-order valence-electron chi connectivity index (χ0n) is 18.4. The van der Waals surface area contributed by atoms with Crippen LogP contribution in [-0.4, -0.2) is 24.6 Å². The summed E-state index contributed by atoms with van der Waals surface area (Å²) in [5.74, 6) is 1.01. The van der Waals surface area contributed by atoms with Gasteiger partial charge in [0.1, 0.15) is 12.0 Å². The normalized spacial score (nSPS) is 23.2. The summed E-state index contributed by atoms with van der Waals surface area (Å²) < 4.78 is 4.91. The summed E-state index contributed by atoms with van der Waals surface area (Å²) >= 11 is 0. The van der Waals surface area contributed by atoms with Crippen molar-refractivity contribution in [2.45, 2.75) is 71.3 Å². The molecule has 0 aromatic heterocycles. The van der Waals surface area contributed by atoms with Gasteiger partial charge in [0.25, 0.3) is 0 Å². The highest BCUT2D eigenvalue weighted by Crippen LogP contribution is 2.46. The Morgan fingerprint density at radius 1 is 1.17 bits per heavy atom. The molecule has 3 nitrogen and oxygen atoms in total. The fourth-order valence-electron chi connectivity index (χ4n) is 4.49. The summed E-state index contributed by atoms with van der Waals surface area (Å²) in [6, 6.07) is 15.6. The number of unbranched alkanes of at least 4 members (excludes halogenated alkanes) is 1. The van der Waals surface area contributed by atoms with E-state index in [4.69, 9.17) is 4.74 Å². The third-order valence-electron chi connectivity index (χ3n) is 6.50. The molecule has 0 unspecified atom stereocenters. The lowest BCUT2D eigenvalue weighted by Gasteiger charge is -2.39. The van der Waals surface area contributed by atoms with Crippen LogP contribution in [-0.2, 0) is 6.42 Å². The first-order valence-electron chi connectivity index (χ1n) is 10.9. The first-order chi connectivity index (χ1) is 14.0. The van der Waals surface area contributed by atoms with Gasteiger partial charge in [0.2, 0.25) is 0 Å². The number of hydrogen-bond donors (Lipinski definition) is 1. The van der Waals surface area contributed by atoms with Crippen LogP contribution in [0.3, 0.4) is 0 Å². The van der Waals surface area contributed by atoms with Crippen LogP contribution in [0.1, 0.15) is 80.3 Å². The zero-order valence-corrected chi connectivity index (χ0v) is 18.4. The molecule has 0 spiro atoms. The molecule has 1 N–H and O–H groups in total. The summed E-state index contributed by atoms with van der Waals surface area (Å²) in [5.41, 5.74) is 3.21. The van der Waals surface area contributed by atoms with E-state index in [1.54, 1.807) is 7.11 Å². The van der Waals surface area contributed by atoms with E-state index in [2.05, 4.69) is 26.8 Å². The molecule has 0 bridgehead atoms. The number of benzene rings is 2. The predicted octanol–water partition coefficient (Wildman–Crippen LogP) is 6.19. The Labute approximate surface area is 176 Å². The van der Waals surface area contributed by atoms with Gasteiger partial charge in [-0.15, -0.1) is 0 Å². The summed E-state index contributed by atoms with van der Waals surface area (Å²) in [6.07, 6.45) is 7.09. The van der Waals surface area contributed by atoms with Crippen molar-refractivity contribution in [1.82, 2.24) is 0 Å². The van der Waals surface area contributed by atoms with Crippen LogP contribution >= 0.6 is 0 Å². The number of methoxy groups -OCH3 is 1. The van der Waals surface area contributed by atoms with Gasteiger partial charge >= 0.3 is 0 Å². The van der Waals surface area contributed by atoms with Crippen LogP contribution < -0.4 is 4.74 Å². The third-order valence-corrected chi connectivity index (χ3v) is 6.50. The first-order valence-corrected chi connectivity index (χ1v) is 10.9. The molecule has 2 aromatic carbocycles. The molecule has 29 heavy (non-hydrogen) atoms. The number of para-hydroxylation sites is 1. The van der Waals surface area contributed by atoms with Crippen LogP contribution in [0.15, 0.2) is 48.5 Å². The van der Waals surface area contributed by atoms with Crippen LogP contribution in [0.25, 0.3) is 0 Å². The number of hydrogen-bond acceptors (Lipinski definition) is 3. The van der Waals surface area contributed by atoms with Crippen LogP contribution in [0.5, 0.6) is 5.75 Å². The quantitative estimate of drug-likeness (QED) is 0.468. The molecule has 0 saturated carbocycles. The maximum Gasteiger partial charge on any atom is 0.150 e. The van der Waals surface area contributed by atoms with Crippen LogP contribution in [0.4, 0.5) is 0 Å². The van der Waals surface area contributed by atoms with Gasteiger partial charge in [-0.25, -0.2) is 0 Å². The van der Waals surface area contributed by atoms with Gasteiger partial charge in [-0.05, 0) is 60.4 Å². The average molecular weight is 397 g/mol. The van der Waals surface area contributed by atoms with E-state index in [0.717, 1.165) is 37.7 Å². The van der Waals surface area contributed by atoms with E-state index in [0.29, 0.717) is 5.56 Å². The minimum atomic E-state index is -0.322. The lowest BCUT2D eigenvalue weighted by Crippen LogP contribution is -2.37. The van der Waals surface area contributed by atoms with Gasteiger partial charge in [0, 0.05) is 11.5 Å². The second-order valence-electron chi connectivity index (χ2n) is 8.15. The predicted molar refractivity (Wildman–Crippen MR) is 120 cm³/mol. The van der Waals surface area contributed by atoms with Gasteiger partial charge < -0.3 is 9.84 Å². The second-order valence-corrected chi connectivity index (χ2v) is 8.15. The van der Waals surface area contributed by atoms with E-state index >= 15 is 0 Å². The van der Waals surface area contributed by atoms with Crippen molar-refractivity contribution >= 4 is 6.29 Å². The van der Waals surface area contributed by atoms with Crippen molar-refractivity contribution in [1.29, 1.82) is 0 Å². The van der Waals surface area contributed by atoms with E-state index < -0.39 is 0 Å². The van der Waals surface area contributed by atoms with E-state index in [1.165, 1.54) is 24.0 Å². The fourth-order valence-corrected chi connectivity index (χ4v) is 4.49. The maximum absolute atomic E-state index is 11.0. The lowest BCUT2D eigenvalue weighted by molar-refractivity contribution is -0.00586. The number of carbonyl (C=O) groups is 1. The monoisotopic (exact) mass is 396 g/mol. The number of aryl methyl sites for hydroxylation is 1. The van der Waals surface area contributed by atoms with Crippen molar-refractivity contribution in [2.75, 3.05) is 7.11 Å². The Hall–Kier alpha value is -2.13. The van der Waals surface area contributed by atoms with Crippen molar-refractivity contribution in [3.63, 3.8) is 0 Å². The Balaban J connectivity index is 0.000000313. The second kappa shape index (κ2) is 11.2. The summed E-state index contributed by atoms with van der Waals surface area (Å²) in [6.45, 7) is 6.53. The largest absolute Gasteiger partial charge is 0.497 e. The number of fused-ring (bicyclic) bond motifs is 1. The van der Waals surface area contributed by atoms with Gasteiger partial charge in [0.15, 0.2) is 0 Å². The molecule has 158 valence electrons. The summed E-state index contributed by atoms with van der Waals surface area (Å²) in [5, 5.41) is 11.0. The molecule has 0 saturated heterocycles. The standard InChI is InChI=1S/C19H28O2.C7H8O/c1-4-6-10-19(5-2)11-9-16-8-7-15(13-20)12-17(16)14(3)18(19)21;1-8-7-5-3-2-4-6-7/h7-8,12-14,18,21H,4-6,9-11H2,1-3H3;2-6H,1H3/t14-,18-,19-;/m1./s1. The molecular formula is C26H36O3. The molecule has 3 heteroatoms. The Morgan fingerprint density at radius 3 is 2.45 bits per heavy atom. The van der Waals surface area contributed by atoms with Crippen molar-refractivity contribution in [3.8, 4) is 5.75 Å². The molecule has 0 radical (unpaired) electrons. The Bertz CT molecular complexity index is 756. The van der Waals surface area contributed by atoms with Crippen LogP contribution in [0.2, 0.25) is 0 Å². The molecule has 3 rings (SSSR count). The summed E-state index contributed by atoms with van der Waals surface area (Å²) in [7, 11) is 1.66. The Morgan fingerprint density at radius 2 is 1.90 bits per heavy atom. The molecule has 1 aliphatic carbocycles. The number of aliphatic hydroxyl groups is 1. The van der Waals surface area contributed by atoms with E-state index in [-0.39, 0.29) is 17.4 Å². The van der Waals surface area contributed by atoms with Crippen molar-refractivity contribution in [2.24, 2.45) is 5.41 Å².